The van der Waals surface area contributed by atoms with E-state index in [-0.39, 0.29) is 13.2 Å². The van der Waals surface area contributed by atoms with E-state index < -0.39 is 29.2 Å². The first-order valence-corrected chi connectivity index (χ1v) is 10.7. The van der Waals surface area contributed by atoms with Crippen LogP contribution in [0.15, 0.2) is 0 Å². The SMILES string of the molecule is CN(CCOS(C)(=O)=O)S(C)(=O)=O.CS(=O)(=O)Cl. The molecule has 0 N–H and O–H groups in total. The number of halogens is 1. The van der Waals surface area contributed by atoms with Crippen molar-refractivity contribution >= 4 is 39.9 Å². The van der Waals surface area contributed by atoms with Crippen LogP contribution in [0, 0.1) is 0 Å². The first-order valence-electron chi connectivity index (χ1n) is 4.28. The van der Waals surface area contributed by atoms with Gasteiger partial charge in [0.25, 0.3) is 10.1 Å². The maximum atomic E-state index is 10.8. The third kappa shape index (κ3) is 21.4. The second-order valence-corrected chi connectivity index (χ2v) is 10.1. The van der Waals surface area contributed by atoms with Gasteiger partial charge in [-0.25, -0.2) is 21.1 Å². The van der Waals surface area contributed by atoms with Gasteiger partial charge < -0.3 is 0 Å². The van der Waals surface area contributed by atoms with Crippen molar-refractivity contribution in [2.45, 2.75) is 0 Å². The Morgan fingerprint density at radius 1 is 1.00 bits per heavy atom. The van der Waals surface area contributed by atoms with E-state index in [0.29, 0.717) is 0 Å². The number of hydrogen-bond acceptors (Lipinski definition) is 7. The van der Waals surface area contributed by atoms with Crippen molar-refractivity contribution in [2.75, 3.05) is 39.0 Å². The first kappa shape index (κ1) is 20.4. The van der Waals surface area contributed by atoms with Crippen molar-refractivity contribution in [1.29, 1.82) is 0 Å². The Labute approximate surface area is 112 Å². The molecule has 12 heteroatoms. The van der Waals surface area contributed by atoms with Gasteiger partial charge in [0.2, 0.25) is 19.1 Å². The molecule has 0 fully saturated rings. The van der Waals surface area contributed by atoms with Crippen LogP contribution in [-0.4, -0.2) is 68.5 Å². The van der Waals surface area contributed by atoms with E-state index in [1.54, 1.807) is 0 Å². The van der Waals surface area contributed by atoms with Crippen molar-refractivity contribution in [3.8, 4) is 0 Å². The van der Waals surface area contributed by atoms with Crippen LogP contribution in [0.5, 0.6) is 0 Å². The second kappa shape index (κ2) is 7.60. The summed E-state index contributed by atoms with van der Waals surface area (Å²) in [5.74, 6) is 0. The average molecular weight is 346 g/mol. The summed E-state index contributed by atoms with van der Waals surface area (Å²) in [4.78, 5) is 0. The lowest BCUT2D eigenvalue weighted by Gasteiger charge is -2.12. The highest BCUT2D eigenvalue weighted by molar-refractivity contribution is 8.13. The molecule has 112 valence electrons. The topological polar surface area (TPSA) is 115 Å². The summed E-state index contributed by atoms with van der Waals surface area (Å²) in [5, 5.41) is 0. The molecule has 0 heterocycles. The fourth-order valence-corrected chi connectivity index (χ4v) is 1.27. The number of sulfonamides is 1. The number of hydrogen-bond donors (Lipinski definition) is 0. The lowest BCUT2D eigenvalue weighted by atomic mass is 10.7. The Kier molecular flexibility index (Phi) is 8.61. The summed E-state index contributed by atoms with van der Waals surface area (Å²) in [6, 6.07) is 0. The van der Waals surface area contributed by atoms with Crippen LogP contribution in [0.2, 0.25) is 0 Å². The van der Waals surface area contributed by atoms with Crippen LogP contribution in [0.1, 0.15) is 0 Å². The number of nitrogens with zero attached hydrogens (tertiary/aromatic N) is 1. The van der Waals surface area contributed by atoms with E-state index in [1.807, 2.05) is 0 Å². The number of likely N-dealkylation sites (N-methyl/N-ethyl adjacent to an activating group) is 1. The Hall–Kier alpha value is 0.0600. The molecule has 0 rings (SSSR count). The van der Waals surface area contributed by atoms with E-state index >= 15 is 0 Å². The van der Waals surface area contributed by atoms with Crippen LogP contribution in [0.25, 0.3) is 0 Å². The molecule has 0 aromatic carbocycles. The Balaban J connectivity index is 0. The molecular weight excluding hydrogens is 330 g/mol. The van der Waals surface area contributed by atoms with Gasteiger partial charge in [-0.05, 0) is 0 Å². The van der Waals surface area contributed by atoms with E-state index in [1.165, 1.54) is 7.05 Å². The van der Waals surface area contributed by atoms with Crippen LogP contribution in [0.3, 0.4) is 0 Å². The summed E-state index contributed by atoms with van der Waals surface area (Å²) in [6.07, 6.45) is 2.87. The van der Waals surface area contributed by atoms with Gasteiger partial charge in [-0.3, -0.25) is 4.18 Å². The van der Waals surface area contributed by atoms with Gasteiger partial charge in [-0.15, -0.1) is 0 Å². The maximum Gasteiger partial charge on any atom is 0.264 e. The molecule has 0 spiro atoms. The summed E-state index contributed by atoms with van der Waals surface area (Å²) < 4.78 is 66.7. The molecule has 0 aliphatic heterocycles. The zero-order chi connectivity index (χ0) is 15.2. The first-order chi connectivity index (χ1) is 7.63. The van der Waals surface area contributed by atoms with E-state index in [0.717, 1.165) is 23.1 Å². The van der Waals surface area contributed by atoms with E-state index in [4.69, 9.17) is 0 Å². The molecule has 0 aromatic heterocycles. The second-order valence-electron chi connectivity index (χ2n) is 3.29. The summed E-state index contributed by atoms with van der Waals surface area (Å²) in [7, 11) is -4.09. The molecule has 0 radical (unpaired) electrons. The molecule has 0 bridgehead atoms. The molecule has 0 unspecified atom stereocenters. The molecule has 0 amide bonds. The van der Waals surface area contributed by atoms with Crippen LogP contribution in [0.4, 0.5) is 0 Å². The minimum Gasteiger partial charge on any atom is -0.269 e. The molecule has 0 aliphatic carbocycles. The predicted octanol–water partition coefficient (Wildman–Crippen LogP) is -0.961. The summed E-state index contributed by atoms with van der Waals surface area (Å²) in [6.45, 7) is -0.145. The number of rotatable bonds is 5. The van der Waals surface area contributed by atoms with Gasteiger partial charge in [0.15, 0.2) is 0 Å². The lowest BCUT2D eigenvalue weighted by molar-refractivity contribution is 0.293. The standard InChI is InChI=1S/C5H13NO5S2.CH3ClO2S/c1-6(12(2,7)8)4-5-11-13(3,9)10;1-5(2,3)4/h4-5H2,1-3H3;1H3. The van der Waals surface area contributed by atoms with E-state index in [2.05, 4.69) is 14.9 Å². The minimum absolute atomic E-state index is 0.0197. The van der Waals surface area contributed by atoms with Crippen LogP contribution >= 0.6 is 10.7 Å². The highest BCUT2D eigenvalue weighted by Gasteiger charge is 2.11. The highest BCUT2D eigenvalue weighted by Crippen LogP contribution is 1.94. The third-order valence-electron chi connectivity index (χ3n) is 1.27. The molecule has 0 aromatic rings. The third-order valence-corrected chi connectivity index (χ3v) is 3.18. The normalized spacial score (nSPS) is 13.0. The quantitative estimate of drug-likeness (QED) is 0.465. The highest BCUT2D eigenvalue weighted by atomic mass is 35.7. The largest absolute Gasteiger partial charge is 0.269 e. The van der Waals surface area contributed by atoms with Gasteiger partial charge in [-0.2, -0.15) is 8.42 Å². The fourth-order valence-electron chi connectivity index (χ4n) is 0.483. The minimum atomic E-state index is -3.49. The van der Waals surface area contributed by atoms with Gasteiger partial charge in [0.05, 0.1) is 25.4 Å². The zero-order valence-corrected chi connectivity index (χ0v) is 13.5. The van der Waals surface area contributed by atoms with E-state index in [9.17, 15) is 25.3 Å². The molecule has 0 atom stereocenters. The fraction of sp³-hybridized carbons (Fsp3) is 1.00. The Morgan fingerprint density at radius 2 is 1.33 bits per heavy atom. The van der Waals surface area contributed by atoms with Crippen molar-refractivity contribution in [3.05, 3.63) is 0 Å². The predicted molar refractivity (Wildman–Crippen MR) is 69.0 cm³/mol. The van der Waals surface area contributed by atoms with Crippen molar-refractivity contribution in [2.24, 2.45) is 0 Å². The van der Waals surface area contributed by atoms with Crippen LogP contribution in [-0.2, 0) is 33.4 Å². The van der Waals surface area contributed by atoms with Crippen molar-refractivity contribution < 1.29 is 29.4 Å². The van der Waals surface area contributed by atoms with Gasteiger partial charge >= 0.3 is 0 Å². The molecular formula is C6H16ClNO7S3. The van der Waals surface area contributed by atoms with Crippen molar-refractivity contribution in [1.82, 2.24) is 4.31 Å². The molecule has 0 saturated heterocycles. The monoisotopic (exact) mass is 345 g/mol. The molecule has 0 aliphatic rings. The van der Waals surface area contributed by atoms with Crippen molar-refractivity contribution in [3.63, 3.8) is 0 Å². The molecule has 8 nitrogen and oxygen atoms in total. The Bertz CT molecular complexity index is 528. The van der Waals surface area contributed by atoms with Gasteiger partial charge in [0.1, 0.15) is 0 Å². The van der Waals surface area contributed by atoms with Crippen LogP contribution < -0.4 is 0 Å². The van der Waals surface area contributed by atoms with Gasteiger partial charge in [-0.1, -0.05) is 0 Å². The molecule has 18 heavy (non-hydrogen) atoms. The Morgan fingerprint density at radius 3 is 1.56 bits per heavy atom. The maximum absolute atomic E-state index is 10.8. The zero-order valence-electron chi connectivity index (χ0n) is 10.3. The summed E-state index contributed by atoms with van der Waals surface area (Å²) >= 11 is 0. The average Bonchev–Trinajstić information content (AvgIpc) is 1.95. The smallest absolute Gasteiger partial charge is 0.264 e. The van der Waals surface area contributed by atoms with Gasteiger partial charge in [0, 0.05) is 24.3 Å². The molecule has 0 saturated carbocycles. The summed E-state index contributed by atoms with van der Waals surface area (Å²) in [5.41, 5.74) is 0. The lowest BCUT2D eigenvalue weighted by Crippen LogP contribution is -2.29.